The maximum absolute atomic E-state index is 12.8. The number of aromatic nitrogens is 2. The Hall–Kier alpha value is -3.13. The van der Waals surface area contributed by atoms with Gasteiger partial charge in [0, 0.05) is 5.56 Å². The van der Waals surface area contributed by atoms with E-state index in [-0.39, 0.29) is 22.2 Å². The maximum atomic E-state index is 12.8. The molecule has 0 spiro atoms. The fourth-order valence-corrected chi connectivity index (χ4v) is 4.85. The summed E-state index contributed by atoms with van der Waals surface area (Å²) >= 11 is 1.54. The van der Waals surface area contributed by atoms with Gasteiger partial charge in [-0.3, -0.25) is 4.79 Å². The van der Waals surface area contributed by atoms with Crippen molar-refractivity contribution in [2.45, 2.75) is 24.3 Å². The molecule has 0 radical (unpaired) electrons. The van der Waals surface area contributed by atoms with E-state index in [4.69, 9.17) is 14.6 Å². The Balaban J connectivity index is 1.87. The Morgan fingerprint density at radius 3 is 2.53 bits per heavy atom. The lowest BCUT2D eigenvalue weighted by Gasteiger charge is -2.18. The molecule has 0 aliphatic carbocycles. The minimum atomic E-state index is -0.272. The average Bonchev–Trinajstić information content (AvgIpc) is 3.00. The Morgan fingerprint density at radius 2 is 1.87 bits per heavy atom. The number of nitrogens with zero attached hydrogens (tertiary/aromatic N) is 2. The lowest BCUT2D eigenvalue weighted by atomic mass is 10.0. The number of aromatic hydroxyl groups is 1. The molecule has 1 aromatic heterocycles. The predicted octanol–water partition coefficient (Wildman–Crippen LogP) is 4.07. The van der Waals surface area contributed by atoms with Crippen molar-refractivity contribution in [3.05, 3.63) is 59.3 Å². The Kier molecular flexibility index (Phi) is 5.34. The first-order chi connectivity index (χ1) is 14.4. The first-order valence-electron chi connectivity index (χ1n) is 9.50. The molecule has 2 atom stereocenters. The van der Waals surface area contributed by atoms with Crippen LogP contribution in [0.1, 0.15) is 29.0 Å². The third-order valence-corrected chi connectivity index (χ3v) is 6.55. The smallest absolute Gasteiger partial charge is 0.238 e. The number of carbonyl (C=O) groups is 1. The number of carbonyl (C=O) groups excluding carboxylic acids is 1. The summed E-state index contributed by atoms with van der Waals surface area (Å²) in [4.78, 5) is 12.8. The fraction of sp³-hybridized carbons (Fsp3) is 0.273. The van der Waals surface area contributed by atoms with Crippen LogP contribution >= 0.6 is 11.8 Å². The van der Waals surface area contributed by atoms with Gasteiger partial charge in [0.1, 0.15) is 11.6 Å². The molecule has 2 aromatic carbocycles. The third kappa shape index (κ3) is 3.47. The molecule has 0 unspecified atom stereocenters. The zero-order valence-electron chi connectivity index (χ0n) is 17.2. The molecule has 1 aliphatic heterocycles. The highest BCUT2D eigenvalue weighted by Gasteiger charge is 2.34. The molecule has 1 aliphatic rings. The fourth-order valence-electron chi connectivity index (χ4n) is 3.54. The van der Waals surface area contributed by atoms with Gasteiger partial charge in [0.25, 0.3) is 0 Å². The van der Waals surface area contributed by atoms with E-state index < -0.39 is 0 Å². The molecule has 3 aromatic rings. The number of thioether (sulfide) groups is 1. The number of aryl methyl sites for hydroxylation is 1. The average molecular weight is 426 g/mol. The van der Waals surface area contributed by atoms with Crippen LogP contribution in [0.3, 0.4) is 0 Å². The predicted molar refractivity (Wildman–Crippen MR) is 117 cm³/mol. The molecular weight excluding hydrogens is 402 g/mol. The Labute approximate surface area is 179 Å². The molecule has 8 heteroatoms. The number of phenols is 1. The normalized spacial score (nSPS) is 18.3. The molecule has 2 N–H and O–H groups in total. The van der Waals surface area contributed by atoms with Crippen molar-refractivity contribution >= 4 is 23.5 Å². The molecule has 30 heavy (non-hydrogen) atoms. The summed E-state index contributed by atoms with van der Waals surface area (Å²) in [6.07, 6.45) is 0. The maximum Gasteiger partial charge on any atom is 0.238 e. The minimum absolute atomic E-state index is 0.0768. The van der Waals surface area contributed by atoms with E-state index in [0.29, 0.717) is 11.6 Å². The SMILES string of the molecule is COc1ccc(-n2nc(C)c3c2NC(=O)[C@H](C)S[C@@H]3c2ccc(O)c(OC)c2)cc1. The first-order valence-corrected chi connectivity index (χ1v) is 10.4. The molecule has 0 bridgehead atoms. The summed E-state index contributed by atoms with van der Waals surface area (Å²) in [6.45, 7) is 3.82. The summed E-state index contributed by atoms with van der Waals surface area (Å²) < 4.78 is 12.3. The van der Waals surface area contributed by atoms with Gasteiger partial charge in [-0.15, -0.1) is 11.8 Å². The van der Waals surface area contributed by atoms with E-state index in [1.807, 2.05) is 50.2 Å². The monoisotopic (exact) mass is 425 g/mol. The van der Waals surface area contributed by atoms with Crippen LogP contribution in [-0.2, 0) is 4.79 Å². The highest BCUT2D eigenvalue weighted by atomic mass is 32.2. The number of amides is 1. The molecule has 0 saturated carbocycles. The van der Waals surface area contributed by atoms with E-state index in [1.165, 1.54) is 7.11 Å². The minimum Gasteiger partial charge on any atom is -0.504 e. The summed E-state index contributed by atoms with van der Waals surface area (Å²) in [6, 6.07) is 12.8. The molecule has 0 saturated heterocycles. The lowest BCUT2D eigenvalue weighted by molar-refractivity contribution is -0.115. The van der Waals surface area contributed by atoms with Crippen LogP contribution in [0, 0.1) is 6.92 Å². The number of anilines is 1. The van der Waals surface area contributed by atoms with E-state index >= 15 is 0 Å². The number of benzene rings is 2. The van der Waals surface area contributed by atoms with Crippen LogP contribution in [0.15, 0.2) is 42.5 Å². The van der Waals surface area contributed by atoms with Gasteiger partial charge in [-0.1, -0.05) is 6.07 Å². The van der Waals surface area contributed by atoms with E-state index in [9.17, 15) is 9.90 Å². The van der Waals surface area contributed by atoms with Gasteiger partial charge in [0.2, 0.25) is 5.91 Å². The molecular formula is C22H23N3O4S. The van der Waals surface area contributed by atoms with Crippen LogP contribution in [0.2, 0.25) is 0 Å². The van der Waals surface area contributed by atoms with Crippen molar-refractivity contribution in [2.24, 2.45) is 0 Å². The Bertz CT molecular complexity index is 1090. The largest absolute Gasteiger partial charge is 0.504 e. The van der Waals surface area contributed by atoms with Crippen LogP contribution in [-0.4, -0.2) is 40.3 Å². The molecule has 156 valence electrons. The number of phenolic OH excluding ortho intramolecular Hbond substituents is 1. The van der Waals surface area contributed by atoms with Gasteiger partial charge in [0.05, 0.1) is 36.1 Å². The second-order valence-corrected chi connectivity index (χ2v) is 8.49. The van der Waals surface area contributed by atoms with Crippen LogP contribution < -0.4 is 14.8 Å². The number of methoxy groups -OCH3 is 2. The van der Waals surface area contributed by atoms with Crippen molar-refractivity contribution < 1.29 is 19.4 Å². The molecule has 0 fully saturated rings. The second kappa shape index (κ2) is 7.95. The number of hydrogen-bond donors (Lipinski definition) is 2. The molecule has 2 heterocycles. The molecule has 4 rings (SSSR count). The van der Waals surface area contributed by atoms with Crippen LogP contribution in [0.5, 0.6) is 17.2 Å². The van der Waals surface area contributed by atoms with Crippen molar-refractivity contribution in [1.82, 2.24) is 9.78 Å². The third-order valence-electron chi connectivity index (χ3n) is 5.14. The van der Waals surface area contributed by atoms with E-state index in [0.717, 1.165) is 28.3 Å². The van der Waals surface area contributed by atoms with Crippen LogP contribution in [0.4, 0.5) is 5.82 Å². The highest BCUT2D eigenvalue weighted by Crippen LogP contribution is 2.47. The van der Waals surface area contributed by atoms with Gasteiger partial charge in [0.15, 0.2) is 11.5 Å². The van der Waals surface area contributed by atoms with E-state index in [1.54, 1.807) is 29.6 Å². The quantitative estimate of drug-likeness (QED) is 0.656. The number of fused-ring (bicyclic) bond motifs is 1. The van der Waals surface area contributed by atoms with Crippen LogP contribution in [0.25, 0.3) is 5.69 Å². The number of hydrogen-bond acceptors (Lipinski definition) is 6. The lowest BCUT2D eigenvalue weighted by Crippen LogP contribution is -2.22. The zero-order chi connectivity index (χ0) is 21.4. The van der Waals surface area contributed by atoms with E-state index in [2.05, 4.69) is 5.32 Å². The number of ether oxygens (including phenoxy) is 2. The van der Waals surface area contributed by atoms with Gasteiger partial charge < -0.3 is 19.9 Å². The van der Waals surface area contributed by atoms with Crippen molar-refractivity contribution in [1.29, 1.82) is 0 Å². The van der Waals surface area contributed by atoms with Gasteiger partial charge >= 0.3 is 0 Å². The van der Waals surface area contributed by atoms with Crippen molar-refractivity contribution in [3.63, 3.8) is 0 Å². The molecule has 1 amide bonds. The van der Waals surface area contributed by atoms with Gasteiger partial charge in [-0.2, -0.15) is 5.10 Å². The van der Waals surface area contributed by atoms with Crippen molar-refractivity contribution in [2.75, 3.05) is 19.5 Å². The number of nitrogens with one attached hydrogen (secondary N) is 1. The summed E-state index contributed by atoms with van der Waals surface area (Å²) in [5.41, 5.74) is 3.50. The summed E-state index contributed by atoms with van der Waals surface area (Å²) in [7, 11) is 3.14. The van der Waals surface area contributed by atoms with Gasteiger partial charge in [-0.25, -0.2) is 4.68 Å². The highest BCUT2D eigenvalue weighted by molar-refractivity contribution is 8.01. The van der Waals surface area contributed by atoms with Crippen molar-refractivity contribution in [3.8, 4) is 22.9 Å². The zero-order valence-corrected chi connectivity index (χ0v) is 18.0. The summed E-state index contributed by atoms with van der Waals surface area (Å²) in [5.74, 6) is 1.79. The Morgan fingerprint density at radius 1 is 1.13 bits per heavy atom. The molecule has 7 nitrogen and oxygen atoms in total. The standard InChI is InChI=1S/C22H23N3O4S/c1-12-19-20(14-5-10-17(26)18(11-14)29-4)30-13(2)22(27)23-21(19)25(24-12)15-6-8-16(28-3)9-7-15/h5-11,13,20,26H,1-4H3,(H,23,27)/t13-,20+/m0/s1. The number of rotatable bonds is 4. The topological polar surface area (TPSA) is 85.6 Å². The first kappa shape index (κ1) is 20.2. The summed E-state index contributed by atoms with van der Waals surface area (Å²) in [5, 5.41) is 17.4. The van der Waals surface area contributed by atoms with Gasteiger partial charge in [-0.05, 0) is 55.8 Å². The second-order valence-electron chi connectivity index (χ2n) is 7.04.